The van der Waals surface area contributed by atoms with Crippen molar-refractivity contribution in [1.82, 2.24) is 5.32 Å². The highest BCUT2D eigenvalue weighted by molar-refractivity contribution is 5.67. The third kappa shape index (κ3) is 6.70. The number of amides is 1. The maximum Gasteiger partial charge on any atom is 0.407 e. The van der Waals surface area contributed by atoms with Crippen LogP contribution in [0.15, 0.2) is 18.2 Å². The van der Waals surface area contributed by atoms with Crippen LogP contribution in [0.5, 0.6) is 11.5 Å². The van der Waals surface area contributed by atoms with Crippen LogP contribution >= 0.6 is 0 Å². The lowest BCUT2D eigenvalue weighted by atomic mass is 10.0. The van der Waals surface area contributed by atoms with Crippen molar-refractivity contribution in [2.45, 2.75) is 46.0 Å². The number of phenolic OH excluding ortho intramolecular Hbond substituents is 2. The van der Waals surface area contributed by atoms with Gasteiger partial charge in [-0.3, -0.25) is 0 Å². The van der Waals surface area contributed by atoms with Gasteiger partial charge in [-0.25, -0.2) is 4.79 Å². The van der Waals surface area contributed by atoms with E-state index in [9.17, 15) is 15.0 Å². The molecule has 0 heterocycles. The summed E-state index contributed by atoms with van der Waals surface area (Å²) in [5, 5.41) is 21.3. The van der Waals surface area contributed by atoms with Crippen molar-refractivity contribution in [1.29, 1.82) is 0 Å². The number of alkyl carbamates (subject to hydrolysis) is 1. The molecule has 1 atom stereocenters. The fourth-order valence-electron chi connectivity index (χ4n) is 2.18. The van der Waals surface area contributed by atoms with Gasteiger partial charge < -0.3 is 20.3 Å². The molecular weight excluding hydrogens is 282 g/mol. The van der Waals surface area contributed by atoms with E-state index in [1.54, 1.807) is 6.07 Å². The van der Waals surface area contributed by atoms with Gasteiger partial charge in [-0.2, -0.15) is 0 Å². The lowest BCUT2D eigenvalue weighted by Gasteiger charge is -2.15. The van der Waals surface area contributed by atoms with Crippen LogP contribution in [0.25, 0.3) is 0 Å². The average molecular weight is 309 g/mol. The zero-order chi connectivity index (χ0) is 16.4. The number of benzene rings is 1. The summed E-state index contributed by atoms with van der Waals surface area (Å²) in [5.41, 5.74) is 0.838. The Kier molecular flexibility index (Phi) is 8.18. The summed E-state index contributed by atoms with van der Waals surface area (Å²) < 4.78 is 5.23. The standard InChI is InChI=1S/C17H27NO4/c1-3-5-6-13(4-2)12-22-17(21)18-10-9-14-7-8-15(19)16(20)11-14/h7-8,11,13,19-20H,3-6,9-10,12H2,1-2H3,(H,18,21). The van der Waals surface area contributed by atoms with Gasteiger partial charge in [0, 0.05) is 6.54 Å². The lowest BCUT2D eigenvalue weighted by molar-refractivity contribution is 0.123. The monoisotopic (exact) mass is 309 g/mol. The molecular formula is C17H27NO4. The van der Waals surface area contributed by atoms with Crippen LogP contribution in [-0.2, 0) is 11.2 Å². The molecule has 22 heavy (non-hydrogen) atoms. The van der Waals surface area contributed by atoms with E-state index < -0.39 is 6.09 Å². The van der Waals surface area contributed by atoms with E-state index >= 15 is 0 Å². The summed E-state index contributed by atoms with van der Waals surface area (Å²) in [5.74, 6) is 0.135. The van der Waals surface area contributed by atoms with Gasteiger partial charge in [-0.1, -0.05) is 39.2 Å². The molecule has 124 valence electrons. The molecule has 0 aromatic heterocycles. The summed E-state index contributed by atoms with van der Waals surface area (Å²) in [6.07, 6.45) is 4.58. The van der Waals surface area contributed by atoms with E-state index in [0.717, 1.165) is 31.2 Å². The molecule has 5 heteroatoms. The number of rotatable bonds is 9. The Morgan fingerprint density at radius 3 is 2.68 bits per heavy atom. The summed E-state index contributed by atoms with van der Waals surface area (Å²) in [6.45, 7) is 5.15. The van der Waals surface area contributed by atoms with E-state index in [0.29, 0.717) is 25.5 Å². The Balaban J connectivity index is 2.23. The van der Waals surface area contributed by atoms with Gasteiger partial charge in [-0.15, -0.1) is 0 Å². The van der Waals surface area contributed by atoms with Crippen LogP contribution < -0.4 is 5.32 Å². The molecule has 0 saturated heterocycles. The zero-order valence-corrected chi connectivity index (χ0v) is 13.5. The minimum atomic E-state index is -0.405. The first-order valence-electron chi connectivity index (χ1n) is 7.98. The number of unbranched alkanes of at least 4 members (excludes halogenated alkanes) is 1. The molecule has 5 nitrogen and oxygen atoms in total. The molecule has 1 amide bonds. The normalized spacial score (nSPS) is 11.9. The van der Waals surface area contributed by atoms with Crippen molar-refractivity contribution in [3.05, 3.63) is 23.8 Å². The highest BCUT2D eigenvalue weighted by Gasteiger charge is 2.09. The second kappa shape index (κ2) is 9.92. The Morgan fingerprint density at radius 2 is 2.05 bits per heavy atom. The van der Waals surface area contributed by atoms with Gasteiger partial charge in [0.05, 0.1) is 6.61 Å². The van der Waals surface area contributed by atoms with E-state index in [4.69, 9.17) is 4.74 Å². The van der Waals surface area contributed by atoms with E-state index in [1.165, 1.54) is 12.1 Å². The zero-order valence-electron chi connectivity index (χ0n) is 13.5. The van der Waals surface area contributed by atoms with Crippen LogP contribution in [0.2, 0.25) is 0 Å². The molecule has 0 aliphatic heterocycles. The van der Waals surface area contributed by atoms with Crippen LogP contribution in [0, 0.1) is 5.92 Å². The van der Waals surface area contributed by atoms with Gasteiger partial charge in [0.25, 0.3) is 0 Å². The Morgan fingerprint density at radius 1 is 1.27 bits per heavy atom. The molecule has 1 unspecified atom stereocenters. The van der Waals surface area contributed by atoms with E-state index in [1.807, 2.05) is 0 Å². The predicted octanol–water partition coefficient (Wildman–Crippen LogP) is 3.58. The number of carbonyl (C=O) groups excluding carboxylic acids is 1. The maximum absolute atomic E-state index is 11.6. The van der Waals surface area contributed by atoms with Crippen molar-refractivity contribution >= 4 is 6.09 Å². The van der Waals surface area contributed by atoms with Crippen LogP contribution in [0.3, 0.4) is 0 Å². The average Bonchev–Trinajstić information content (AvgIpc) is 2.51. The Hall–Kier alpha value is -1.91. The molecule has 0 aliphatic rings. The minimum Gasteiger partial charge on any atom is -0.504 e. The minimum absolute atomic E-state index is 0.145. The number of phenols is 2. The summed E-state index contributed by atoms with van der Waals surface area (Å²) in [7, 11) is 0. The van der Waals surface area contributed by atoms with Crippen molar-refractivity contribution in [2.24, 2.45) is 5.92 Å². The van der Waals surface area contributed by atoms with Crippen LogP contribution in [-0.4, -0.2) is 29.5 Å². The molecule has 1 rings (SSSR count). The van der Waals surface area contributed by atoms with Gasteiger partial charge in [0.15, 0.2) is 11.5 Å². The molecule has 0 bridgehead atoms. The van der Waals surface area contributed by atoms with Crippen molar-refractivity contribution < 1.29 is 19.7 Å². The largest absolute Gasteiger partial charge is 0.504 e. The van der Waals surface area contributed by atoms with E-state index in [-0.39, 0.29) is 11.5 Å². The molecule has 3 N–H and O–H groups in total. The molecule has 0 aliphatic carbocycles. The third-order valence-electron chi connectivity index (χ3n) is 3.72. The Bertz CT molecular complexity index is 462. The first kappa shape index (κ1) is 18.1. The molecule has 0 spiro atoms. The van der Waals surface area contributed by atoms with Gasteiger partial charge >= 0.3 is 6.09 Å². The number of carbonyl (C=O) groups is 1. The number of ether oxygens (including phenoxy) is 1. The SMILES string of the molecule is CCCCC(CC)COC(=O)NCCc1ccc(O)c(O)c1. The topological polar surface area (TPSA) is 78.8 Å². The molecule has 0 radical (unpaired) electrons. The van der Waals surface area contributed by atoms with Crippen molar-refractivity contribution in [2.75, 3.05) is 13.2 Å². The number of aromatic hydroxyl groups is 2. The van der Waals surface area contributed by atoms with E-state index in [2.05, 4.69) is 19.2 Å². The summed E-state index contributed by atoms with van der Waals surface area (Å²) in [4.78, 5) is 11.6. The first-order chi connectivity index (χ1) is 10.6. The second-order valence-electron chi connectivity index (χ2n) is 5.51. The second-order valence-corrected chi connectivity index (χ2v) is 5.51. The predicted molar refractivity (Wildman–Crippen MR) is 86.1 cm³/mol. The fraction of sp³-hybridized carbons (Fsp3) is 0.588. The van der Waals surface area contributed by atoms with Crippen LogP contribution in [0.4, 0.5) is 4.79 Å². The molecule has 0 saturated carbocycles. The molecule has 1 aromatic carbocycles. The molecule has 1 aromatic rings. The third-order valence-corrected chi connectivity index (χ3v) is 3.72. The van der Waals surface area contributed by atoms with Gasteiger partial charge in [-0.05, 0) is 36.5 Å². The number of hydrogen-bond donors (Lipinski definition) is 3. The summed E-state index contributed by atoms with van der Waals surface area (Å²) in [6, 6.07) is 4.63. The lowest BCUT2D eigenvalue weighted by Crippen LogP contribution is -2.28. The quantitative estimate of drug-likeness (QED) is 0.609. The first-order valence-corrected chi connectivity index (χ1v) is 7.98. The van der Waals surface area contributed by atoms with Crippen molar-refractivity contribution in [3.63, 3.8) is 0 Å². The van der Waals surface area contributed by atoms with Crippen molar-refractivity contribution in [3.8, 4) is 11.5 Å². The summed E-state index contributed by atoms with van der Waals surface area (Å²) >= 11 is 0. The van der Waals surface area contributed by atoms with Crippen LogP contribution in [0.1, 0.15) is 45.1 Å². The highest BCUT2D eigenvalue weighted by Crippen LogP contribution is 2.24. The fourth-order valence-corrected chi connectivity index (χ4v) is 2.18. The van der Waals surface area contributed by atoms with Gasteiger partial charge in [0.1, 0.15) is 0 Å². The number of hydrogen-bond acceptors (Lipinski definition) is 4. The van der Waals surface area contributed by atoms with Gasteiger partial charge in [0.2, 0.25) is 0 Å². The molecule has 0 fully saturated rings. The Labute approximate surface area is 132 Å². The number of nitrogens with one attached hydrogen (secondary N) is 1. The highest BCUT2D eigenvalue weighted by atomic mass is 16.5. The maximum atomic E-state index is 11.6. The smallest absolute Gasteiger partial charge is 0.407 e.